The topological polar surface area (TPSA) is 80.0 Å². The van der Waals surface area contributed by atoms with E-state index in [-0.39, 0.29) is 23.8 Å². The molecule has 1 atom stereocenters. The van der Waals surface area contributed by atoms with Gasteiger partial charge in [0, 0.05) is 5.56 Å². The van der Waals surface area contributed by atoms with Gasteiger partial charge in [0.1, 0.15) is 17.3 Å². The predicted octanol–water partition coefficient (Wildman–Crippen LogP) is 6.58. The van der Waals surface area contributed by atoms with Gasteiger partial charge in [0.25, 0.3) is 11.7 Å². The van der Waals surface area contributed by atoms with E-state index in [0.717, 1.165) is 27.6 Å². The van der Waals surface area contributed by atoms with Crippen molar-refractivity contribution < 1.29 is 23.8 Å². The van der Waals surface area contributed by atoms with E-state index in [0.29, 0.717) is 17.9 Å². The zero-order valence-electron chi connectivity index (χ0n) is 21.1. The molecule has 1 N–H and O–H groups in total. The maximum absolute atomic E-state index is 13.5. The number of rotatable bonds is 7. The molecule has 4 aromatic rings. The first kappa shape index (κ1) is 24.4. The SMILES string of the molecule is CCOc1ccc(/C(O)=C2\C(=O)C(=O)N(Cc3ccco3)C2c2cccc3ccccc23)cc1C(C)C. The van der Waals surface area contributed by atoms with Crippen LogP contribution in [0.15, 0.2) is 89.0 Å². The lowest BCUT2D eigenvalue weighted by Gasteiger charge is -2.26. The smallest absolute Gasteiger partial charge is 0.296 e. The molecule has 0 bridgehead atoms. The van der Waals surface area contributed by atoms with Crippen molar-refractivity contribution in [3.8, 4) is 5.75 Å². The van der Waals surface area contributed by atoms with Crippen molar-refractivity contribution in [2.75, 3.05) is 6.61 Å². The lowest BCUT2D eigenvalue weighted by molar-refractivity contribution is -0.140. The Morgan fingerprint density at radius 1 is 1.03 bits per heavy atom. The number of fused-ring (bicyclic) bond motifs is 1. The molecular formula is C31H29NO5. The average Bonchev–Trinajstić information content (AvgIpc) is 3.50. The van der Waals surface area contributed by atoms with Gasteiger partial charge in [-0.3, -0.25) is 9.59 Å². The van der Waals surface area contributed by atoms with Crippen LogP contribution in [0, 0.1) is 0 Å². The number of ketones is 1. The molecule has 2 heterocycles. The maximum Gasteiger partial charge on any atom is 0.296 e. The van der Waals surface area contributed by atoms with E-state index in [1.165, 1.54) is 11.2 Å². The molecule has 1 saturated heterocycles. The number of amides is 1. The first-order valence-electron chi connectivity index (χ1n) is 12.5. The number of Topliss-reactive ketones (excluding diaryl/α,β-unsaturated/α-hetero) is 1. The standard InChI is InChI=1S/C31H29NO5/c1-4-36-26-15-14-21(17-25(26)19(2)3)29(33)27-28(24-13-7-10-20-9-5-6-12-23(20)24)32(31(35)30(27)34)18-22-11-8-16-37-22/h5-17,19,28,33H,4,18H2,1-3H3/b29-27+. The monoisotopic (exact) mass is 495 g/mol. The zero-order valence-corrected chi connectivity index (χ0v) is 21.1. The summed E-state index contributed by atoms with van der Waals surface area (Å²) in [6.07, 6.45) is 1.53. The summed E-state index contributed by atoms with van der Waals surface area (Å²) in [6, 6.07) is 21.7. The number of carbonyl (C=O) groups excluding carboxylic acids is 2. The number of aliphatic hydroxyl groups is 1. The van der Waals surface area contributed by atoms with Gasteiger partial charge in [-0.2, -0.15) is 0 Å². The summed E-state index contributed by atoms with van der Waals surface area (Å²) in [5.41, 5.74) is 2.21. The van der Waals surface area contributed by atoms with Crippen LogP contribution in [0.3, 0.4) is 0 Å². The molecule has 1 fully saturated rings. The molecule has 188 valence electrons. The van der Waals surface area contributed by atoms with Gasteiger partial charge in [-0.15, -0.1) is 0 Å². The molecule has 1 unspecified atom stereocenters. The van der Waals surface area contributed by atoms with Crippen LogP contribution in [0.2, 0.25) is 0 Å². The molecule has 6 heteroatoms. The Balaban J connectivity index is 1.72. The van der Waals surface area contributed by atoms with Crippen molar-refractivity contribution in [3.05, 3.63) is 107 Å². The molecule has 0 spiro atoms. The molecule has 0 aliphatic carbocycles. The molecule has 3 aromatic carbocycles. The van der Waals surface area contributed by atoms with Crippen LogP contribution in [0.25, 0.3) is 16.5 Å². The average molecular weight is 496 g/mol. The number of hydrogen-bond donors (Lipinski definition) is 1. The number of ether oxygens (including phenoxy) is 1. The fourth-order valence-corrected chi connectivity index (χ4v) is 5.02. The highest BCUT2D eigenvalue weighted by Gasteiger charge is 2.46. The first-order chi connectivity index (χ1) is 17.9. The molecule has 37 heavy (non-hydrogen) atoms. The second-order valence-corrected chi connectivity index (χ2v) is 9.42. The zero-order chi connectivity index (χ0) is 26.1. The number of aliphatic hydroxyl groups excluding tert-OH is 1. The summed E-state index contributed by atoms with van der Waals surface area (Å²) < 4.78 is 11.3. The van der Waals surface area contributed by atoms with Crippen LogP contribution >= 0.6 is 0 Å². The van der Waals surface area contributed by atoms with Gasteiger partial charge >= 0.3 is 0 Å². The number of benzene rings is 3. The van der Waals surface area contributed by atoms with Crippen molar-refractivity contribution in [1.29, 1.82) is 0 Å². The summed E-state index contributed by atoms with van der Waals surface area (Å²) in [5.74, 6) is -0.186. The van der Waals surface area contributed by atoms with E-state index >= 15 is 0 Å². The molecule has 1 amide bonds. The normalized spacial score (nSPS) is 17.2. The fraction of sp³-hybridized carbons (Fsp3) is 0.226. The summed E-state index contributed by atoms with van der Waals surface area (Å²) in [6.45, 7) is 6.62. The molecule has 6 nitrogen and oxygen atoms in total. The third-order valence-electron chi connectivity index (χ3n) is 6.77. The van der Waals surface area contributed by atoms with Crippen LogP contribution in [-0.2, 0) is 16.1 Å². The predicted molar refractivity (Wildman–Crippen MR) is 142 cm³/mol. The molecule has 1 aromatic heterocycles. The van der Waals surface area contributed by atoms with Gasteiger partial charge in [0.2, 0.25) is 0 Å². The van der Waals surface area contributed by atoms with E-state index in [1.54, 1.807) is 24.3 Å². The van der Waals surface area contributed by atoms with Gasteiger partial charge in [-0.1, -0.05) is 56.3 Å². The number of carbonyl (C=O) groups is 2. The van der Waals surface area contributed by atoms with Crippen molar-refractivity contribution >= 4 is 28.2 Å². The van der Waals surface area contributed by atoms with Gasteiger partial charge in [0.15, 0.2) is 0 Å². The largest absolute Gasteiger partial charge is 0.507 e. The summed E-state index contributed by atoms with van der Waals surface area (Å²) in [4.78, 5) is 28.4. The third-order valence-corrected chi connectivity index (χ3v) is 6.77. The second-order valence-electron chi connectivity index (χ2n) is 9.42. The number of hydrogen-bond acceptors (Lipinski definition) is 5. The molecule has 1 aliphatic heterocycles. The molecule has 5 rings (SSSR count). The van der Waals surface area contributed by atoms with E-state index in [1.807, 2.05) is 69.3 Å². The Labute approximate surface area is 215 Å². The van der Waals surface area contributed by atoms with Crippen molar-refractivity contribution in [3.63, 3.8) is 0 Å². The highest BCUT2D eigenvalue weighted by atomic mass is 16.5. The van der Waals surface area contributed by atoms with E-state index in [9.17, 15) is 14.7 Å². The Morgan fingerprint density at radius 2 is 1.81 bits per heavy atom. The van der Waals surface area contributed by atoms with Crippen LogP contribution < -0.4 is 4.74 Å². The summed E-state index contributed by atoms with van der Waals surface area (Å²) >= 11 is 0. The van der Waals surface area contributed by atoms with E-state index in [2.05, 4.69) is 0 Å². The van der Waals surface area contributed by atoms with Crippen molar-refractivity contribution in [2.45, 2.75) is 39.3 Å². The first-order valence-corrected chi connectivity index (χ1v) is 12.5. The minimum Gasteiger partial charge on any atom is -0.507 e. The highest BCUT2D eigenvalue weighted by molar-refractivity contribution is 6.46. The Morgan fingerprint density at radius 3 is 2.54 bits per heavy atom. The van der Waals surface area contributed by atoms with E-state index in [4.69, 9.17) is 9.15 Å². The van der Waals surface area contributed by atoms with Gasteiger partial charge in [-0.25, -0.2) is 0 Å². The fourth-order valence-electron chi connectivity index (χ4n) is 5.02. The van der Waals surface area contributed by atoms with Gasteiger partial charge < -0.3 is 19.2 Å². The minimum atomic E-state index is -0.787. The molecule has 1 aliphatic rings. The van der Waals surface area contributed by atoms with E-state index < -0.39 is 17.7 Å². The Hall–Kier alpha value is -4.32. The van der Waals surface area contributed by atoms with Crippen LogP contribution in [0.4, 0.5) is 0 Å². The summed E-state index contributed by atoms with van der Waals surface area (Å²) in [7, 11) is 0. The third kappa shape index (κ3) is 4.40. The lowest BCUT2D eigenvalue weighted by Crippen LogP contribution is -2.29. The van der Waals surface area contributed by atoms with Crippen LogP contribution in [0.1, 0.15) is 55.2 Å². The number of nitrogens with zero attached hydrogens (tertiary/aromatic N) is 1. The Bertz CT molecular complexity index is 1490. The molecular weight excluding hydrogens is 466 g/mol. The van der Waals surface area contributed by atoms with Crippen molar-refractivity contribution in [2.24, 2.45) is 0 Å². The molecule has 0 radical (unpaired) electrons. The number of furan rings is 1. The quantitative estimate of drug-likeness (QED) is 0.178. The van der Waals surface area contributed by atoms with Gasteiger partial charge in [-0.05, 0) is 65.1 Å². The number of likely N-dealkylation sites (tertiary alicyclic amines) is 1. The Kier molecular flexibility index (Phi) is 6.57. The van der Waals surface area contributed by atoms with Crippen LogP contribution in [-0.4, -0.2) is 28.3 Å². The maximum atomic E-state index is 13.5. The van der Waals surface area contributed by atoms with Crippen LogP contribution in [0.5, 0.6) is 5.75 Å². The summed E-state index contributed by atoms with van der Waals surface area (Å²) in [5, 5.41) is 13.5. The van der Waals surface area contributed by atoms with Crippen molar-refractivity contribution in [1.82, 2.24) is 4.90 Å². The second kappa shape index (κ2) is 9.97. The van der Waals surface area contributed by atoms with Gasteiger partial charge in [0.05, 0.1) is 31.0 Å². The minimum absolute atomic E-state index is 0.0618. The highest BCUT2D eigenvalue weighted by Crippen LogP contribution is 2.43. The lowest BCUT2D eigenvalue weighted by atomic mass is 9.90. The molecule has 0 saturated carbocycles.